The van der Waals surface area contributed by atoms with Crippen LogP contribution >= 0.6 is 11.8 Å². The SMILES string of the molecule is Cc1cccc(C(=O)NC(C)c2nnc(SCC(=O)Nc3cccc(C(F)(F)F)c3)n2C)c1. The third-order valence-electron chi connectivity index (χ3n) is 4.69. The first-order chi connectivity index (χ1) is 15.5. The molecule has 0 radical (unpaired) electrons. The van der Waals surface area contributed by atoms with Gasteiger partial charge in [0.1, 0.15) is 0 Å². The first-order valence-electron chi connectivity index (χ1n) is 9.91. The van der Waals surface area contributed by atoms with Gasteiger partial charge in [-0.15, -0.1) is 10.2 Å². The van der Waals surface area contributed by atoms with Crippen molar-refractivity contribution >= 4 is 29.3 Å². The zero-order valence-corrected chi connectivity index (χ0v) is 18.9. The van der Waals surface area contributed by atoms with Crippen LogP contribution in [0.4, 0.5) is 18.9 Å². The summed E-state index contributed by atoms with van der Waals surface area (Å²) in [5, 5.41) is 13.9. The number of alkyl halides is 3. The summed E-state index contributed by atoms with van der Waals surface area (Å²) in [6.07, 6.45) is -4.49. The molecule has 174 valence electrons. The van der Waals surface area contributed by atoms with Gasteiger partial charge in [0.05, 0.1) is 17.4 Å². The largest absolute Gasteiger partial charge is 0.416 e. The van der Waals surface area contributed by atoms with Crippen LogP contribution in [0.3, 0.4) is 0 Å². The van der Waals surface area contributed by atoms with Crippen LogP contribution in [0.5, 0.6) is 0 Å². The van der Waals surface area contributed by atoms with Gasteiger partial charge in [0.25, 0.3) is 5.91 Å². The molecule has 2 aromatic carbocycles. The van der Waals surface area contributed by atoms with E-state index in [1.807, 2.05) is 13.0 Å². The number of halogens is 3. The number of hydrogen-bond acceptors (Lipinski definition) is 5. The first kappa shape index (κ1) is 24.3. The van der Waals surface area contributed by atoms with E-state index < -0.39 is 23.7 Å². The Bertz CT molecular complexity index is 1160. The molecule has 3 aromatic rings. The van der Waals surface area contributed by atoms with Crippen LogP contribution in [0, 0.1) is 6.92 Å². The predicted octanol–water partition coefficient (Wildman–Crippen LogP) is 4.36. The van der Waals surface area contributed by atoms with Gasteiger partial charge in [0, 0.05) is 18.3 Å². The van der Waals surface area contributed by atoms with Gasteiger partial charge >= 0.3 is 6.18 Å². The molecule has 7 nitrogen and oxygen atoms in total. The minimum absolute atomic E-state index is 0.0570. The van der Waals surface area contributed by atoms with Crippen LogP contribution < -0.4 is 10.6 Å². The number of nitrogens with zero attached hydrogens (tertiary/aromatic N) is 3. The molecule has 0 aliphatic heterocycles. The number of benzene rings is 2. The van der Waals surface area contributed by atoms with Crippen LogP contribution in [0.2, 0.25) is 0 Å². The molecular formula is C22H22F3N5O2S. The van der Waals surface area contributed by atoms with E-state index in [1.54, 1.807) is 36.7 Å². The Labute approximate surface area is 192 Å². The van der Waals surface area contributed by atoms with Crippen molar-refractivity contribution in [3.63, 3.8) is 0 Å². The van der Waals surface area contributed by atoms with E-state index in [9.17, 15) is 22.8 Å². The van der Waals surface area contributed by atoms with Gasteiger partial charge in [-0.3, -0.25) is 9.59 Å². The van der Waals surface area contributed by atoms with E-state index in [2.05, 4.69) is 20.8 Å². The van der Waals surface area contributed by atoms with E-state index in [1.165, 1.54) is 12.1 Å². The Balaban J connectivity index is 1.58. The van der Waals surface area contributed by atoms with Gasteiger partial charge in [0.2, 0.25) is 5.91 Å². The van der Waals surface area contributed by atoms with Crippen molar-refractivity contribution in [3.8, 4) is 0 Å². The smallest absolute Gasteiger partial charge is 0.342 e. The zero-order chi connectivity index (χ0) is 24.2. The molecule has 0 fully saturated rings. The second-order valence-electron chi connectivity index (χ2n) is 7.38. The van der Waals surface area contributed by atoms with Crippen molar-refractivity contribution < 1.29 is 22.8 Å². The number of carbonyl (C=O) groups excluding carboxylic acids is 2. The van der Waals surface area contributed by atoms with Crippen molar-refractivity contribution in [2.24, 2.45) is 7.05 Å². The molecule has 0 saturated carbocycles. The fourth-order valence-electron chi connectivity index (χ4n) is 3.06. The molecule has 0 spiro atoms. The lowest BCUT2D eigenvalue weighted by molar-refractivity contribution is -0.137. The Kier molecular flexibility index (Phi) is 7.42. The number of amides is 2. The average Bonchev–Trinajstić information content (AvgIpc) is 3.12. The highest BCUT2D eigenvalue weighted by Gasteiger charge is 2.30. The van der Waals surface area contributed by atoms with Crippen LogP contribution in [0.25, 0.3) is 0 Å². The number of aromatic nitrogens is 3. The van der Waals surface area contributed by atoms with Crippen molar-refractivity contribution in [1.29, 1.82) is 0 Å². The number of aryl methyl sites for hydroxylation is 1. The quantitative estimate of drug-likeness (QED) is 0.494. The van der Waals surface area contributed by atoms with Gasteiger partial charge in [-0.25, -0.2) is 0 Å². The highest BCUT2D eigenvalue weighted by molar-refractivity contribution is 7.99. The second kappa shape index (κ2) is 10.1. The highest BCUT2D eigenvalue weighted by atomic mass is 32.2. The lowest BCUT2D eigenvalue weighted by Gasteiger charge is -2.14. The fraction of sp³-hybridized carbons (Fsp3) is 0.273. The topological polar surface area (TPSA) is 88.9 Å². The molecule has 2 amide bonds. The van der Waals surface area contributed by atoms with E-state index >= 15 is 0 Å². The second-order valence-corrected chi connectivity index (χ2v) is 8.32. The monoisotopic (exact) mass is 477 g/mol. The normalized spacial score (nSPS) is 12.3. The molecule has 0 bridgehead atoms. The minimum atomic E-state index is -4.49. The maximum atomic E-state index is 12.8. The van der Waals surface area contributed by atoms with Gasteiger partial charge in [-0.05, 0) is 44.2 Å². The van der Waals surface area contributed by atoms with Crippen LogP contribution in [-0.2, 0) is 18.0 Å². The molecule has 3 rings (SSSR count). The van der Waals surface area contributed by atoms with E-state index in [0.717, 1.165) is 29.5 Å². The van der Waals surface area contributed by atoms with Crippen LogP contribution in [0.15, 0.2) is 53.7 Å². The Morgan fingerprint density at radius 1 is 1.12 bits per heavy atom. The molecule has 33 heavy (non-hydrogen) atoms. The molecule has 11 heteroatoms. The van der Waals surface area contributed by atoms with Crippen molar-refractivity contribution in [2.45, 2.75) is 31.2 Å². The average molecular weight is 478 g/mol. The fourth-order valence-corrected chi connectivity index (χ4v) is 3.78. The summed E-state index contributed by atoms with van der Waals surface area (Å²) in [6, 6.07) is 11.2. The molecule has 1 unspecified atom stereocenters. The third-order valence-corrected chi connectivity index (χ3v) is 5.71. The summed E-state index contributed by atoms with van der Waals surface area (Å²) in [6.45, 7) is 3.67. The molecule has 1 heterocycles. The summed E-state index contributed by atoms with van der Waals surface area (Å²) in [5.41, 5.74) is 0.718. The van der Waals surface area contributed by atoms with Crippen molar-refractivity contribution in [2.75, 3.05) is 11.1 Å². The highest BCUT2D eigenvalue weighted by Crippen LogP contribution is 2.30. The first-order valence-corrected chi connectivity index (χ1v) is 10.9. The molecule has 1 aromatic heterocycles. The van der Waals surface area contributed by atoms with Crippen molar-refractivity contribution in [3.05, 3.63) is 71.0 Å². The zero-order valence-electron chi connectivity index (χ0n) is 18.1. The number of anilines is 1. The molecule has 0 saturated heterocycles. The lowest BCUT2D eigenvalue weighted by atomic mass is 10.1. The standard InChI is InChI=1S/C22H22F3N5O2S/c1-13-6-4-7-15(10-13)20(32)26-14(2)19-28-29-21(30(19)3)33-12-18(31)27-17-9-5-8-16(11-17)22(23,24)25/h4-11,14H,12H2,1-3H3,(H,26,32)(H,27,31). The Morgan fingerprint density at radius 3 is 2.55 bits per heavy atom. The van der Waals surface area contributed by atoms with Gasteiger partial charge in [0.15, 0.2) is 11.0 Å². The van der Waals surface area contributed by atoms with Gasteiger partial charge in [-0.2, -0.15) is 13.2 Å². The maximum absolute atomic E-state index is 12.8. The number of carbonyl (C=O) groups is 2. The summed E-state index contributed by atoms with van der Waals surface area (Å²) in [5.74, 6) is -0.308. The number of nitrogens with one attached hydrogen (secondary N) is 2. The molecule has 0 aliphatic carbocycles. The number of hydrogen-bond donors (Lipinski definition) is 2. The lowest BCUT2D eigenvalue weighted by Crippen LogP contribution is -2.28. The van der Waals surface area contributed by atoms with E-state index in [-0.39, 0.29) is 17.3 Å². The molecule has 1 atom stereocenters. The predicted molar refractivity (Wildman–Crippen MR) is 119 cm³/mol. The Hall–Kier alpha value is -3.34. The third kappa shape index (κ3) is 6.35. The van der Waals surface area contributed by atoms with Crippen molar-refractivity contribution in [1.82, 2.24) is 20.1 Å². The number of thioether (sulfide) groups is 1. The summed E-state index contributed by atoms with van der Waals surface area (Å²) in [4.78, 5) is 24.7. The maximum Gasteiger partial charge on any atom is 0.416 e. The van der Waals surface area contributed by atoms with E-state index in [0.29, 0.717) is 16.5 Å². The van der Waals surface area contributed by atoms with Gasteiger partial charge in [-0.1, -0.05) is 35.5 Å². The molecule has 0 aliphatic rings. The van der Waals surface area contributed by atoms with Gasteiger partial charge < -0.3 is 15.2 Å². The minimum Gasteiger partial charge on any atom is -0.342 e. The Morgan fingerprint density at radius 2 is 1.85 bits per heavy atom. The van der Waals surface area contributed by atoms with E-state index in [4.69, 9.17) is 0 Å². The summed E-state index contributed by atoms with van der Waals surface area (Å²) < 4.78 is 40.1. The molecular weight excluding hydrogens is 455 g/mol. The van der Waals surface area contributed by atoms with Crippen LogP contribution in [0.1, 0.15) is 40.3 Å². The summed E-state index contributed by atoms with van der Waals surface area (Å²) in [7, 11) is 1.71. The molecule has 2 N–H and O–H groups in total. The summed E-state index contributed by atoms with van der Waals surface area (Å²) >= 11 is 1.08. The van der Waals surface area contributed by atoms with Crippen LogP contribution in [-0.4, -0.2) is 32.3 Å². The number of rotatable bonds is 7.